The zero-order chi connectivity index (χ0) is 20.8. The van der Waals surface area contributed by atoms with Gasteiger partial charge in [-0.25, -0.2) is 4.79 Å². The van der Waals surface area contributed by atoms with Gasteiger partial charge in [0.25, 0.3) is 0 Å². The highest BCUT2D eigenvalue weighted by atomic mass is 35.5. The summed E-state index contributed by atoms with van der Waals surface area (Å²) in [6, 6.07) is 14.4. The van der Waals surface area contributed by atoms with E-state index in [2.05, 4.69) is 20.8 Å². The number of hydrogen-bond acceptors (Lipinski definition) is 5. The van der Waals surface area contributed by atoms with Crippen LogP contribution in [0.5, 0.6) is 0 Å². The number of carbonyl (C=O) groups excluding carboxylic acids is 2. The number of nitrogens with one attached hydrogen (secondary N) is 2. The van der Waals surface area contributed by atoms with E-state index in [0.717, 1.165) is 5.56 Å². The summed E-state index contributed by atoms with van der Waals surface area (Å²) < 4.78 is 1.88. The predicted molar refractivity (Wildman–Crippen MR) is 114 cm³/mol. The Morgan fingerprint density at radius 2 is 1.86 bits per heavy atom. The van der Waals surface area contributed by atoms with Gasteiger partial charge in [0.15, 0.2) is 11.0 Å². The van der Waals surface area contributed by atoms with Crippen LogP contribution in [0.4, 0.5) is 4.79 Å². The van der Waals surface area contributed by atoms with Gasteiger partial charge in [0, 0.05) is 17.6 Å². The van der Waals surface area contributed by atoms with E-state index in [4.69, 9.17) is 23.2 Å². The molecule has 2 N–H and O–H groups in total. The molecule has 0 aliphatic heterocycles. The van der Waals surface area contributed by atoms with Gasteiger partial charge in [-0.1, -0.05) is 65.3 Å². The fourth-order valence-corrected chi connectivity index (χ4v) is 3.76. The van der Waals surface area contributed by atoms with Crippen molar-refractivity contribution in [3.8, 4) is 11.4 Å². The Hall–Kier alpha value is -2.55. The molecule has 0 spiro atoms. The molecule has 3 aromatic rings. The van der Waals surface area contributed by atoms with Crippen molar-refractivity contribution in [2.24, 2.45) is 0 Å². The molecule has 0 radical (unpaired) electrons. The van der Waals surface area contributed by atoms with E-state index in [1.54, 1.807) is 18.2 Å². The van der Waals surface area contributed by atoms with Gasteiger partial charge < -0.3 is 5.32 Å². The monoisotopic (exact) mass is 449 g/mol. The third-order valence-corrected chi connectivity index (χ3v) is 5.40. The van der Waals surface area contributed by atoms with Gasteiger partial charge in [-0.15, -0.1) is 10.2 Å². The van der Waals surface area contributed by atoms with E-state index in [0.29, 0.717) is 33.1 Å². The Morgan fingerprint density at radius 3 is 2.55 bits per heavy atom. The van der Waals surface area contributed by atoms with Crippen molar-refractivity contribution in [1.82, 2.24) is 25.4 Å². The van der Waals surface area contributed by atoms with Crippen LogP contribution < -0.4 is 10.6 Å². The Morgan fingerprint density at radius 1 is 1.10 bits per heavy atom. The van der Waals surface area contributed by atoms with Crippen molar-refractivity contribution in [1.29, 1.82) is 0 Å². The summed E-state index contributed by atoms with van der Waals surface area (Å²) in [6.45, 7) is 0.488. The van der Waals surface area contributed by atoms with E-state index in [1.807, 2.05) is 34.9 Å². The third-order valence-electron chi connectivity index (χ3n) is 3.88. The molecule has 3 amide bonds. The van der Waals surface area contributed by atoms with Crippen molar-refractivity contribution in [3.63, 3.8) is 0 Å². The second-order valence-corrected chi connectivity index (χ2v) is 7.70. The molecular formula is C19H17Cl2N5O2S. The smallest absolute Gasteiger partial charge is 0.321 e. The van der Waals surface area contributed by atoms with E-state index < -0.39 is 11.9 Å². The van der Waals surface area contributed by atoms with Gasteiger partial charge >= 0.3 is 6.03 Å². The lowest BCUT2D eigenvalue weighted by molar-refractivity contribution is -0.117. The summed E-state index contributed by atoms with van der Waals surface area (Å²) >= 11 is 13.6. The molecule has 3 rings (SSSR count). The number of urea groups is 1. The minimum Gasteiger partial charge on any atom is -0.341 e. The number of halogens is 2. The van der Waals surface area contributed by atoms with Crippen LogP contribution in [0.15, 0.2) is 53.7 Å². The molecule has 1 aromatic heterocycles. The van der Waals surface area contributed by atoms with Crippen molar-refractivity contribution < 1.29 is 9.59 Å². The quantitative estimate of drug-likeness (QED) is 0.557. The molecule has 0 aliphatic carbocycles. The number of amides is 3. The Balaban J connectivity index is 1.90. The number of rotatable bonds is 6. The van der Waals surface area contributed by atoms with E-state index >= 15 is 0 Å². The molecule has 150 valence electrons. The van der Waals surface area contributed by atoms with Gasteiger partial charge in [0.05, 0.1) is 17.3 Å². The summed E-state index contributed by atoms with van der Waals surface area (Å²) in [5.74, 6) is 0.133. The van der Waals surface area contributed by atoms with Crippen LogP contribution in [0.25, 0.3) is 11.4 Å². The van der Waals surface area contributed by atoms with Crippen LogP contribution in [0.1, 0.15) is 5.56 Å². The lowest BCUT2D eigenvalue weighted by Crippen LogP contribution is -2.38. The van der Waals surface area contributed by atoms with Crippen LogP contribution >= 0.6 is 35.0 Å². The standard InChI is InChI=1S/C19H17Cl2N5O2S/c1-22-18(28)23-16(27)11-29-19-25-24-17(14-8-7-13(20)9-15(14)21)26(19)10-12-5-3-2-4-6-12/h2-9H,10-11H2,1H3,(H2,22,23,27,28). The summed E-state index contributed by atoms with van der Waals surface area (Å²) in [6.07, 6.45) is 0. The number of aromatic nitrogens is 3. The second-order valence-electron chi connectivity index (χ2n) is 5.92. The van der Waals surface area contributed by atoms with E-state index in [9.17, 15) is 9.59 Å². The van der Waals surface area contributed by atoms with Crippen molar-refractivity contribution in [2.45, 2.75) is 11.7 Å². The maximum Gasteiger partial charge on any atom is 0.321 e. The molecule has 1 heterocycles. The number of thioether (sulfide) groups is 1. The van der Waals surface area contributed by atoms with Crippen LogP contribution in [0.3, 0.4) is 0 Å². The zero-order valence-electron chi connectivity index (χ0n) is 15.4. The fraction of sp³-hybridized carbons (Fsp3) is 0.158. The highest BCUT2D eigenvalue weighted by Gasteiger charge is 2.18. The lowest BCUT2D eigenvalue weighted by Gasteiger charge is -2.11. The minimum atomic E-state index is -0.560. The number of carbonyl (C=O) groups is 2. The molecule has 0 bridgehead atoms. The van der Waals surface area contributed by atoms with Crippen molar-refractivity contribution >= 4 is 46.9 Å². The average molecular weight is 450 g/mol. The predicted octanol–water partition coefficient (Wildman–Crippen LogP) is 3.85. The normalized spacial score (nSPS) is 10.6. The first kappa shape index (κ1) is 21.2. The summed E-state index contributed by atoms with van der Waals surface area (Å²) in [7, 11) is 1.44. The Bertz CT molecular complexity index is 1030. The maximum atomic E-state index is 11.9. The first-order valence-corrected chi connectivity index (χ1v) is 10.3. The molecule has 10 heteroatoms. The second kappa shape index (κ2) is 9.78. The zero-order valence-corrected chi connectivity index (χ0v) is 17.7. The molecule has 0 unspecified atom stereocenters. The number of nitrogens with zero attached hydrogens (tertiary/aromatic N) is 3. The Kier molecular flexibility index (Phi) is 7.13. The summed E-state index contributed by atoms with van der Waals surface area (Å²) in [5.41, 5.74) is 1.72. The first-order valence-electron chi connectivity index (χ1n) is 8.55. The number of imide groups is 1. The van der Waals surface area contributed by atoms with E-state index in [-0.39, 0.29) is 5.75 Å². The molecule has 0 atom stereocenters. The van der Waals surface area contributed by atoms with Crippen LogP contribution in [-0.4, -0.2) is 39.5 Å². The minimum absolute atomic E-state index is 0.00862. The SMILES string of the molecule is CNC(=O)NC(=O)CSc1nnc(-c2ccc(Cl)cc2Cl)n1Cc1ccccc1. The molecule has 0 saturated carbocycles. The fourth-order valence-electron chi connectivity index (χ4n) is 2.53. The van der Waals surface area contributed by atoms with Gasteiger partial charge in [-0.2, -0.15) is 0 Å². The molecule has 0 fully saturated rings. The molecule has 2 aromatic carbocycles. The van der Waals surface area contributed by atoms with E-state index in [1.165, 1.54) is 18.8 Å². The lowest BCUT2D eigenvalue weighted by atomic mass is 10.2. The van der Waals surface area contributed by atoms with Gasteiger partial charge in [0.1, 0.15) is 0 Å². The van der Waals surface area contributed by atoms with Crippen LogP contribution in [0, 0.1) is 0 Å². The molecule has 29 heavy (non-hydrogen) atoms. The molecule has 7 nitrogen and oxygen atoms in total. The average Bonchev–Trinajstić information content (AvgIpc) is 3.09. The van der Waals surface area contributed by atoms with Gasteiger partial charge in [-0.3, -0.25) is 14.7 Å². The highest BCUT2D eigenvalue weighted by Crippen LogP contribution is 2.32. The summed E-state index contributed by atoms with van der Waals surface area (Å²) in [5, 5.41) is 14.6. The number of benzene rings is 2. The maximum absolute atomic E-state index is 11.9. The molecule has 0 aliphatic rings. The molecular weight excluding hydrogens is 433 g/mol. The van der Waals surface area contributed by atoms with Crippen molar-refractivity contribution in [2.75, 3.05) is 12.8 Å². The summed E-state index contributed by atoms with van der Waals surface area (Å²) in [4.78, 5) is 23.2. The van der Waals surface area contributed by atoms with Crippen LogP contribution in [0.2, 0.25) is 10.0 Å². The van der Waals surface area contributed by atoms with Gasteiger partial charge in [0.2, 0.25) is 5.91 Å². The topological polar surface area (TPSA) is 88.9 Å². The molecule has 0 saturated heterocycles. The Labute approximate surface area is 181 Å². The first-order chi connectivity index (χ1) is 14.0. The number of hydrogen-bond donors (Lipinski definition) is 2. The highest BCUT2D eigenvalue weighted by molar-refractivity contribution is 7.99. The van der Waals surface area contributed by atoms with Crippen molar-refractivity contribution in [3.05, 3.63) is 64.1 Å². The largest absolute Gasteiger partial charge is 0.341 e. The third kappa shape index (κ3) is 5.50. The van der Waals surface area contributed by atoms with Gasteiger partial charge in [-0.05, 0) is 23.8 Å². The van der Waals surface area contributed by atoms with Crippen LogP contribution in [-0.2, 0) is 11.3 Å².